The molecule has 1 saturated heterocycles. The van der Waals surface area contributed by atoms with Crippen LogP contribution < -0.4 is 16.0 Å². The van der Waals surface area contributed by atoms with Gasteiger partial charge in [0.1, 0.15) is 17.2 Å². The average molecular weight is 453 g/mol. The number of aromatic nitrogens is 1. The van der Waals surface area contributed by atoms with Gasteiger partial charge >= 0.3 is 0 Å². The second-order valence-electron chi connectivity index (χ2n) is 8.22. The van der Waals surface area contributed by atoms with Gasteiger partial charge in [-0.15, -0.1) is 0 Å². The lowest BCUT2D eigenvalue weighted by molar-refractivity contribution is -0.133. The smallest absolute Gasteiger partial charge is 0.245 e. The topological polar surface area (TPSA) is 86.0 Å². The van der Waals surface area contributed by atoms with E-state index >= 15 is 0 Å². The molecule has 172 valence electrons. The molecule has 2 aromatic carbocycles. The Labute approximate surface area is 190 Å². The molecule has 0 saturated carbocycles. The van der Waals surface area contributed by atoms with Crippen molar-refractivity contribution in [1.82, 2.24) is 20.9 Å². The van der Waals surface area contributed by atoms with Gasteiger partial charge in [0.05, 0.1) is 0 Å². The molecular weight excluding hydrogens is 426 g/mol. The number of H-pyrrole nitrogens is 1. The standard InChI is InChI=1S/C25H26F2N4O2/c26-19-3-1-2-17(14-19)4-7-23(32)31-25(9-12-28-13-10-25)24(33)29-11-8-18-16-30-22-6-5-20(27)15-21(18)22/h1-7,14-16,28,30H,8-13H2,(H,29,33)(H,31,32). The van der Waals surface area contributed by atoms with Gasteiger partial charge in [-0.25, -0.2) is 8.78 Å². The Kier molecular flexibility index (Phi) is 6.84. The summed E-state index contributed by atoms with van der Waals surface area (Å²) in [6.45, 7) is 1.55. The van der Waals surface area contributed by atoms with Crippen LogP contribution in [-0.4, -0.2) is 42.0 Å². The van der Waals surface area contributed by atoms with Gasteiger partial charge < -0.3 is 20.9 Å². The number of rotatable bonds is 7. The number of hydrogen-bond acceptors (Lipinski definition) is 3. The molecular formula is C25H26F2N4O2. The third kappa shape index (κ3) is 5.46. The van der Waals surface area contributed by atoms with Gasteiger partial charge in [0, 0.05) is 29.7 Å². The van der Waals surface area contributed by atoms with Crippen molar-refractivity contribution >= 4 is 28.8 Å². The van der Waals surface area contributed by atoms with Gasteiger partial charge in [0.15, 0.2) is 0 Å². The molecule has 33 heavy (non-hydrogen) atoms. The first-order valence-corrected chi connectivity index (χ1v) is 11.0. The largest absolute Gasteiger partial charge is 0.361 e. The summed E-state index contributed by atoms with van der Waals surface area (Å²) < 4.78 is 26.9. The van der Waals surface area contributed by atoms with Crippen LogP contribution in [0, 0.1) is 11.6 Å². The molecule has 6 nitrogen and oxygen atoms in total. The molecule has 4 N–H and O–H groups in total. The molecule has 1 aliphatic rings. The van der Waals surface area contributed by atoms with Crippen molar-refractivity contribution < 1.29 is 18.4 Å². The van der Waals surface area contributed by atoms with Gasteiger partial charge in [0.25, 0.3) is 0 Å². The van der Waals surface area contributed by atoms with Gasteiger partial charge in [0.2, 0.25) is 11.8 Å². The molecule has 0 atom stereocenters. The Bertz CT molecular complexity index is 1180. The van der Waals surface area contributed by atoms with Crippen molar-refractivity contribution in [1.29, 1.82) is 0 Å². The van der Waals surface area contributed by atoms with Crippen molar-refractivity contribution in [3.63, 3.8) is 0 Å². The number of amides is 2. The van der Waals surface area contributed by atoms with Crippen LogP contribution in [0.2, 0.25) is 0 Å². The molecule has 1 aromatic heterocycles. The van der Waals surface area contributed by atoms with Crippen molar-refractivity contribution in [2.75, 3.05) is 19.6 Å². The fourth-order valence-corrected chi connectivity index (χ4v) is 4.16. The van der Waals surface area contributed by atoms with E-state index in [0.29, 0.717) is 44.5 Å². The number of piperidine rings is 1. The molecule has 0 bridgehead atoms. The van der Waals surface area contributed by atoms with Crippen LogP contribution in [0.4, 0.5) is 8.78 Å². The van der Waals surface area contributed by atoms with Crippen LogP contribution in [0.25, 0.3) is 17.0 Å². The molecule has 1 fully saturated rings. The maximum absolute atomic E-state index is 13.6. The fraction of sp³-hybridized carbons (Fsp3) is 0.280. The third-order valence-corrected chi connectivity index (χ3v) is 5.94. The van der Waals surface area contributed by atoms with E-state index in [1.165, 1.54) is 36.4 Å². The predicted octanol–water partition coefficient (Wildman–Crippen LogP) is 3.06. The average Bonchev–Trinajstić information content (AvgIpc) is 3.20. The summed E-state index contributed by atoms with van der Waals surface area (Å²) in [6.07, 6.45) is 6.08. The van der Waals surface area contributed by atoms with E-state index in [1.54, 1.807) is 18.2 Å². The van der Waals surface area contributed by atoms with Crippen LogP contribution in [0.3, 0.4) is 0 Å². The van der Waals surface area contributed by atoms with E-state index in [1.807, 2.05) is 6.20 Å². The van der Waals surface area contributed by atoms with Crippen molar-refractivity contribution in [3.8, 4) is 0 Å². The molecule has 3 aromatic rings. The lowest BCUT2D eigenvalue weighted by Crippen LogP contribution is -2.62. The maximum atomic E-state index is 13.6. The zero-order chi connectivity index (χ0) is 23.3. The number of aromatic amines is 1. The lowest BCUT2D eigenvalue weighted by Gasteiger charge is -2.36. The molecule has 0 aliphatic carbocycles. The number of benzene rings is 2. The Morgan fingerprint density at radius 1 is 1.06 bits per heavy atom. The highest BCUT2D eigenvalue weighted by Crippen LogP contribution is 2.21. The summed E-state index contributed by atoms with van der Waals surface area (Å²) in [6, 6.07) is 10.5. The van der Waals surface area contributed by atoms with Crippen molar-refractivity contribution in [2.45, 2.75) is 24.8 Å². The number of nitrogens with one attached hydrogen (secondary N) is 4. The highest BCUT2D eigenvalue weighted by Gasteiger charge is 2.40. The second kappa shape index (κ2) is 9.95. The van der Waals surface area contributed by atoms with Gasteiger partial charge in [-0.05, 0) is 79.9 Å². The van der Waals surface area contributed by atoms with E-state index in [9.17, 15) is 18.4 Å². The van der Waals surface area contributed by atoms with Gasteiger partial charge in [-0.1, -0.05) is 12.1 Å². The summed E-state index contributed by atoms with van der Waals surface area (Å²) in [7, 11) is 0. The zero-order valence-corrected chi connectivity index (χ0v) is 18.1. The normalized spacial score (nSPS) is 15.6. The quantitative estimate of drug-likeness (QED) is 0.416. The number of hydrogen-bond donors (Lipinski definition) is 4. The van der Waals surface area contributed by atoms with E-state index in [-0.39, 0.29) is 17.5 Å². The Morgan fingerprint density at radius 2 is 1.85 bits per heavy atom. The van der Waals surface area contributed by atoms with E-state index < -0.39 is 11.4 Å². The minimum Gasteiger partial charge on any atom is -0.361 e. The second-order valence-corrected chi connectivity index (χ2v) is 8.22. The highest BCUT2D eigenvalue weighted by atomic mass is 19.1. The molecule has 4 rings (SSSR count). The minimum atomic E-state index is -1.03. The van der Waals surface area contributed by atoms with E-state index in [2.05, 4.69) is 20.9 Å². The zero-order valence-electron chi connectivity index (χ0n) is 18.1. The number of carbonyl (C=O) groups is 2. The van der Waals surface area contributed by atoms with Crippen molar-refractivity contribution in [2.24, 2.45) is 0 Å². The molecule has 0 unspecified atom stereocenters. The van der Waals surface area contributed by atoms with Gasteiger partial charge in [-0.2, -0.15) is 0 Å². The third-order valence-electron chi connectivity index (χ3n) is 5.94. The van der Waals surface area contributed by atoms with Crippen LogP contribution in [0.15, 0.2) is 54.7 Å². The minimum absolute atomic E-state index is 0.248. The molecule has 2 heterocycles. The first-order valence-electron chi connectivity index (χ1n) is 11.0. The summed E-state index contributed by atoms with van der Waals surface area (Å²) in [5.74, 6) is -1.36. The molecule has 0 radical (unpaired) electrons. The Balaban J connectivity index is 1.39. The molecule has 0 spiro atoms. The van der Waals surface area contributed by atoms with Crippen LogP contribution in [-0.2, 0) is 16.0 Å². The lowest BCUT2D eigenvalue weighted by atomic mass is 9.87. The maximum Gasteiger partial charge on any atom is 0.245 e. The molecule has 2 amide bonds. The van der Waals surface area contributed by atoms with Crippen LogP contribution in [0.1, 0.15) is 24.0 Å². The summed E-state index contributed by atoms with van der Waals surface area (Å²) in [5, 5.41) is 9.80. The van der Waals surface area contributed by atoms with Crippen molar-refractivity contribution in [3.05, 3.63) is 77.5 Å². The molecule has 8 heteroatoms. The summed E-state index contributed by atoms with van der Waals surface area (Å²) >= 11 is 0. The number of fused-ring (bicyclic) bond motifs is 1. The highest BCUT2D eigenvalue weighted by molar-refractivity contribution is 5.97. The van der Waals surface area contributed by atoms with E-state index in [4.69, 9.17) is 0 Å². The van der Waals surface area contributed by atoms with Crippen LogP contribution >= 0.6 is 0 Å². The first kappa shape index (κ1) is 22.7. The number of carbonyl (C=O) groups excluding carboxylic acids is 2. The predicted molar refractivity (Wildman–Crippen MR) is 123 cm³/mol. The summed E-state index contributed by atoms with van der Waals surface area (Å²) in [4.78, 5) is 28.8. The SMILES string of the molecule is O=C(C=Cc1cccc(F)c1)NC1(C(=O)NCCc2c[nH]c3ccc(F)cc23)CCNCC1. The Morgan fingerprint density at radius 3 is 2.64 bits per heavy atom. The number of halogens is 2. The van der Waals surface area contributed by atoms with Gasteiger partial charge in [-0.3, -0.25) is 9.59 Å². The summed E-state index contributed by atoms with van der Waals surface area (Å²) in [5.41, 5.74) is 1.28. The fourth-order valence-electron chi connectivity index (χ4n) is 4.16. The van der Waals surface area contributed by atoms with Crippen LogP contribution in [0.5, 0.6) is 0 Å². The molecule has 1 aliphatic heterocycles. The van der Waals surface area contributed by atoms with E-state index in [0.717, 1.165) is 16.5 Å². The monoisotopic (exact) mass is 452 g/mol. The first-order chi connectivity index (χ1) is 15.9. The Hall–Kier alpha value is -3.52.